The van der Waals surface area contributed by atoms with Gasteiger partial charge in [0, 0.05) is 17.9 Å². The molecule has 3 fully saturated rings. The molecule has 3 unspecified atom stereocenters. The summed E-state index contributed by atoms with van der Waals surface area (Å²) >= 11 is 3.70. The summed E-state index contributed by atoms with van der Waals surface area (Å²) in [6, 6.07) is 17.6. The molecule has 8 nitrogen and oxygen atoms in total. The molecule has 5 rings (SSSR count). The maximum absolute atomic E-state index is 14.2. The SMILES string of the molecule is CC[C@H](C)[C@H](CO)N1C(=O)[C@@H]2[C@H](C(=O)NCc3ccccc3)[C@H]3OC2(CC3Br)C1C(=O)NCc1ccccc1. The lowest BCUT2D eigenvalue weighted by Crippen LogP contribution is -2.59. The first kappa shape index (κ1) is 27.8. The van der Waals surface area contributed by atoms with Gasteiger partial charge in [-0.05, 0) is 23.5 Å². The second kappa shape index (κ2) is 11.4. The Morgan fingerprint density at radius 1 is 1.05 bits per heavy atom. The zero-order valence-electron chi connectivity index (χ0n) is 22.3. The largest absolute Gasteiger partial charge is 0.394 e. The highest BCUT2D eigenvalue weighted by atomic mass is 79.9. The third-order valence-corrected chi connectivity index (χ3v) is 9.59. The molecule has 2 aromatic rings. The standard InChI is InChI=1S/C30H36BrN3O5/c1-3-18(2)22(17-35)34-26(28(37)33-16-20-12-8-5-9-13-20)30-14-21(31)25(39-30)23(24(30)29(34)38)27(36)32-15-19-10-6-4-7-11-19/h4-13,18,21-26,35H,3,14-17H2,1-2H3,(H,32,36)(H,33,37)/t18-,21?,22-,23-,24-,25-,26?,30?/m0/s1. The molecule has 3 amide bonds. The average Bonchev–Trinajstić information content (AvgIpc) is 3.55. The minimum Gasteiger partial charge on any atom is -0.394 e. The number of aliphatic hydroxyl groups excluding tert-OH is 1. The van der Waals surface area contributed by atoms with E-state index in [4.69, 9.17) is 4.74 Å². The first-order chi connectivity index (χ1) is 18.8. The number of halogens is 1. The van der Waals surface area contributed by atoms with Gasteiger partial charge in [-0.3, -0.25) is 14.4 Å². The van der Waals surface area contributed by atoms with Gasteiger partial charge in [-0.15, -0.1) is 0 Å². The molecule has 3 aliphatic heterocycles. The van der Waals surface area contributed by atoms with E-state index in [1.165, 1.54) is 4.90 Å². The molecular formula is C30H36BrN3O5. The quantitative estimate of drug-likeness (QED) is 0.365. The summed E-state index contributed by atoms with van der Waals surface area (Å²) in [5, 5.41) is 16.4. The second-order valence-corrected chi connectivity index (χ2v) is 12.1. The molecule has 3 aliphatic rings. The van der Waals surface area contributed by atoms with Crippen LogP contribution in [0.25, 0.3) is 0 Å². The van der Waals surface area contributed by atoms with Gasteiger partial charge in [-0.2, -0.15) is 0 Å². The van der Waals surface area contributed by atoms with Gasteiger partial charge in [0.05, 0.1) is 30.6 Å². The Hall–Kier alpha value is -2.75. The Morgan fingerprint density at radius 3 is 2.15 bits per heavy atom. The van der Waals surface area contributed by atoms with E-state index in [1.54, 1.807) is 0 Å². The van der Waals surface area contributed by atoms with Crippen LogP contribution >= 0.6 is 15.9 Å². The summed E-state index contributed by atoms with van der Waals surface area (Å²) in [6.45, 7) is 4.31. The van der Waals surface area contributed by atoms with E-state index >= 15 is 0 Å². The normalized spacial score (nSPS) is 30.6. The summed E-state index contributed by atoms with van der Waals surface area (Å²) in [5.74, 6) is -2.50. The summed E-state index contributed by atoms with van der Waals surface area (Å²) < 4.78 is 6.56. The minimum atomic E-state index is -1.16. The zero-order valence-corrected chi connectivity index (χ0v) is 23.8. The molecule has 3 heterocycles. The molecule has 208 valence electrons. The monoisotopic (exact) mass is 597 g/mol. The van der Waals surface area contributed by atoms with E-state index in [0.29, 0.717) is 19.5 Å². The number of ether oxygens (including phenoxy) is 1. The predicted molar refractivity (Wildman–Crippen MR) is 149 cm³/mol. The van der Waals surface area contributed by atoms with Gasteiger partial charge in [-0.25, -0.2) is 0 Å². The number of alkyl halides is 1. The third-order valence-electron chi connectivity index (χ3n) is 8.74. The third kappa shape index (κ3) is 4.89. The number of nitrogens with one attached hydrogen (secondary N) is 2. The van der Waals surface area contributed by atoms with Crippen LogP contribution in [0.5, 0.6) is 0 Å². The number of hydrogen-bond acceptors (Lipinski definition) is 5. The molecule has 3 saturated heterocycles. The smallest absolute Gasteiger partial charge is 0.246 e. The average molecular weight is 599 g/mol. The van der Waals surface area contributed by atoms with Crippen LogP contribution in [0.2, 0.25) is 0 Å². The van der Waals surface area contributed by atoms with Crippen molar-refractivity contribution in [3.05, 3.63) is 71.8 Å². The van der Waals surface area contributed by atoms with Gasteiger partial charge in [0.15, 0.2) is 0 Å². The highest BCUT2D eigenvalue weighted by Gasteiger charge is 2.77. The molecule has 3 N–H and O–H groups in total. The van der Waals surface area contributed by atoms with Crippen LogP contribution in [0.15, 0.2) is 60.7 Å². The van der Waals surface area contributed by atoms with E-state index in [0.717, 1.165) is 17.5 Å². The Balaban J connectivity index is 1.47. The number of fused-ring (bicyclic) bond motifs is 1. The topological polar surface area (TPSA) is 108 Å². The molecular weight excluding hydrogens is 562 g/mol. The van der Waals surface area contributed by atoms with Gasteiger partial charge in [-0.1, -0.05) is 96.9 Å². The molecule has 1 spiro atoms. The molecule has 8 atom stereocenters. The number of likely N-dealkylation sites (tertiary alicyclic amines) is 1. The summed E-state index contributed by atoms with van der Waals surface area (Å²) in [4.78, 5) is 43.2. The lowest BCUT2D eigenvalue weighted by Gasteiger charge is -2.38. The van der Waals surface area contributed by atoms with E-state index in [9.17, 15) is 19.5 Å². The highest BCUT2D eigenvalue weighted by Crippen LogP contribution is 2.60. The second-order valence-electron chi connectivity index (χ2n) is 11.0. The number of nitrogens with zero attached hydrogens (tertiary/aromatic N) is 1. The number of carbonyl (C=O) groups excluding carboxylic acids is 3. The molecule has 0 saturated carbocycles. The van der Waals surface area contributed by atoms with Crippen molar-refractivity contribution in [3.8, 4) is 0 Å². The fourth-order valence-corrected chi connectivity index (χ4v) is 7.57. The van der Waals surface area contributed by atoms with Crippen molar-refractivity contribution in [2.24, 2.45) is 17.8 Å². The van der Waals surface area contributed by atoms with Gasteiger partial charge < -0.3 is 25.4 Å². The van der Waals surface area contributed by atoms with Crippen LogP contribution in [-0.2, 0) is 32.2 Å². The first-order valence-corrected chi connectivity index (χ1v) is 14.6. The number of rotatable bonds is 10. The molecule has 39 heavy (non-hydrogen) atoms. The molecule has 2 aromatic carbocycles. The number of amides is 3. The molecule has 0 radical (unpaired) electrons. The van der Waals surface area contributed by atoms with Crippen molar-refractivity contribution >= 4 is 33.7 Å². The van der Waals surface area contributed by atoms with Crippen molar-refractivity contribution in [1.82, 2.24) is 15.5 Å². The Labute approximate surface area is 237 Å². The van der Waals surface area contributed by atoms with Crippen LogP contribution < -0.4 is 10.6 Å². The van der Waals surface area contributed by atoms with Crippen LogP contribution in [0.3, 0.4) is 0 Å². The zero-order chi connectivity index (χ0) is 27.7. The number of hydrogen-bond donors (Lipinski definition) is 3. The first-order valence-electron chi connectivity index (χ1n) is 13.7. The van der Waals surface area contributed by atoms with Crippen molar-refractivity contribution < 1.29 is 24.2 Å². The van der Waals surface area contributed by atoms with E-state index in [-0.39, 0.29) is 35.1 Å². The molecule has 2 bridgehead atoms. The summed E-state index contributed by atoms with van der Waals surface area (Å²) in [6.07, 6.45) is 0.614. The van der Waals surface area contributed by atoms with Crippen molar-refractivity contribution in [1.29, 1.82) is 0 Å². The van der Waals surface area contributed by atoms with E-state index in [1.807, 2.05) is 74.5 Å². The van der Waals surface area contributed by atoms with Gasteiger partial charge in [0.2, 0.25) is 17.7 Å². The lowest BCUT2D eigenvalue weighted by molar-refractivity contribution is -0.147. The summed E-state index contributed by atoms with van der Waals surface area (Å²) in [5.41, 5.74) is 0.728. The Bertz CT molecular complexity index is 1200. The van der Waals surface area contributed by atoms with Crippen LogP contribution in [0, 0.1) is 17.8 Å². The number of aliphatic hydroxyl groups is 1. The predicted octanol–water partition coefficient (Wildman–Crippen LogP) is 2.77. The van der Waals surface area contributed by atoms with Crippen LogP contribution in [0.4, 0.5) is 0 Å². The minimum absolute atomic E-state index is 0.0547. The van der Waals surface area contributed by atoms with E-state index < -0.39 is 35.6 Å². The van der Waals surface area contributed by atoms with Crippen LogP contribution in [0.1, 0.15) is 37.8 Å². The Kier molecular flexibility index (Phi) is 8.12. The van der Waals surface area contributed by atoms with Gasteiger partial charge >= 0.3 is 0 Å². The number of carbonyl (C=O) groups is 3. The molecule has 0 aromatic heterocycles. The van der Waals surface area contributed by atoms with Crippen molar-refractivity contribution in [2.75, 3.05) is 6.61 Å². The maximum atomic E-state index is 14.2. The lowest BCUT2D eigenvalue weighted by atomic mass is 9.70. The highest BCUT2D eigenvalue weighted by molar-refractivity contribution is 9.09. The van der Waals surface area contributed by atoms with Gasteiger partial charge in [0.1, 0.15) is 11.6 Å². The molecule has 9 heteroatoms. The van der Waals surface area contributed by atoms with Crippen LogP contribution in [-0.4, -0.2) is 63.0 Å². The fourth-order valence-electron chi connectivity index (χ4n) is 6.62. The van der Waals surface area contributed by atoms with Crippen molar-refractivity contribution in [3.63, 3.8) is 0 Å². The Morgan fingerprint density at radius 2 is 1.62 bits per heavy atom. The maximum Gasteiger partial charge on any atom is 0.246 e. The summed E-state index contributed by atoms with van der Waals surface area (Å²) in [7, 11) is 0. The number of benzene rings is 2. The van der Waals surface area contributed by atoms with Crippen molar-refractivity contribution in [2.45, 2.75) is 68.4 Å². The van der Waals surface area contributed by atoms with Gasteiger partial charge in [0.25, 0.3) is 0 Å². The fraction of sp³-hybridized carbons (Fsp3) is 0.500. The molecule has 0 aliphatic carbocycles. The van der Waals surface area contributed by atoms with E-state index in [2.05, 4.69) is 26.6 Å².